The number of amides is 2. The number of furan rings is 2. The van der Waals surface area contributed by atoms with Crippen molar-refractivity contribution in [2.45, 2.75) is 64.8 Å². The van der Waals surface area contributed by atoms with Crippen LogP contribution < -0.4 is 5.32 Å². The molecule has 0 spiro atoms. The minimum atomic E-state index is -0.971. The van der Waals surface area contributed by atoms with E-state index in [1.807, 2.05) is 27.7 Å². The van der Waals surface area contributed by atoms with Gasteiger partial charge in [-0.1, -0.05) is 0 Å². The van der Waals surface area contributed by atoms with Crippen LogP contribution >= 0.6 is 0 Å². The fourth-order valence-corrected chi connectivity index (χ4v) is 3.84. The quantitative estimate of drug-likeness (QED) is 0.532. The van der Waals surface area contributed by atoms with Gasteiger partial charge >= 0.3 is 0 Å². The molecule has 1 saturated heterocycles. The lowest BCUT2D eigenvalue weighted by Gasteiger charge is -2.33. The van der Waals surface area contributed by atoms with E-state index in [2.05, 4.69) is 20.7 Å². The van der Waals surface area contributed by atoms with E-state index in [0.29, 0.717) is 18.1 Å². The number of nitrogens with one attached hydrogen (secondary N) is 1. The van der Waals surface area contributed by atoms with Gasteiger partial charge < -0.3 is 23.8 Å². The topological polar surface area (TPSA) is 129 Å². The van der Waals surface area contributed by atoms with E-state index in [1.165, 1.54) is 16.0 Å². The normalized spacial score (nSPS) is 17.0. The van der Waals surface area contributed by atoms with Crippen molar-refractivity contribution in [2.24, 2.45) is 0 Å². The zero-order valence-corrected chi connectivity index (χ0v) is 19.9. The first-order valence-electron chi connectivity index (χ1n) is 11.3. The number of aromatic nitrogens is 4. The lowest BCUT2D eigenvalue weighted by Crippen LogP contribution is -2.51. The number of carbonyl (C=O) groups excluding carboxylic acids is 2. The number of hydrogen-bond acceptors (Lipinski definition) is 8. The van der Waals surface area contributed by atoms with E-state index in [1.54, 1.807) is 24.3 Å². The van der Waals surface area contributed by atoms with Crippen LogP contribution in [-0.2, 0) is 20.9 Å². The zero-order chi connectivity index (χ0) is 24.3. The highest BCUT2D eigenvalue weighted by Gasteiger charge is 2.37. The Morgan fingerprint density at radius 3 is 2.74 bits per heavy atom. The first-order valence-corrected chi connectivity index (χ1v) is 11.3. The minimum Gasteiger partial charge on any atom is -0.467 e. The van der Waals surface area contributed by atoms with E-state index < -0.39 is 11.6 Å². The van der Waals surface area contributed by atoms with Gasteiger partial charge in [-0.25, -0.2) is 0 Å². The van der Waals surface area contributed by atoms with Crippen molar-refractivity contribution in [3.63, 3.8) is 0 Å². The van der Waals surface area contributed by atoms with Crippen molar-refractivity contribution in [1.82, 2.24) is 30.4 Å². The maximum Gasteiger partial charge on any atom is 0.251 e. The predicted molar refractivity (Wildman–Crippen MR) is 120 cm³/mol. The Bertz CT molecular complexity index is 1110. The molecule has 4 heterocycles. The van der Waals surface area contributed by atoms with Gasteiger partial charge in [0.1, 0.15) is 18.1 Å². The molecule has 34 heavy (non-hydrogen) atoms. The molecule has 3 aromatic heterocycles. The second-order valence-electron chi connectivity index (χ2n) is 9.39. The number of carbonyl (C=O) groups is 2. The molecule has 2 atom stereocenters. The maximum atomic E-state index is 13.6. The van der Waals surface area contributed by atoms with E-state index in [0.717, 1.165) is 18.6 Å². The third kappa shape index (κ3) is 5.71. The molecule has 1 fully saturated rings. The van der Waals surface area contributed by atoms with Crippen molar-refractivity contribution in [3.8, 4) is 11.6 Å². The summed E-state index contributed by atoms with van der Waals surface area (Å²) in [7, 11) is 0. The Kier molecular flexibility index (Phi) is 6.82. The summed E-state index contributed by atoms with van der Waals surface area (Å²) in [6.07, 6.45) is 3.02. The second kappa shape index (κ2) is 9.80. The van der Waals surface area contributed by atoms with Gasteiger partial charge in [-0.3, -0.25) is 9.59 Å². The molecule has 11 heteroatoms. The summed E-state index contributed by atoms with van der Waals surface area (Å²) in [6.45, 7) is 8.12. The molecule has 0 bridgehead atoms. The van der Waals surface area contributed by atoms with Gasteiger partial charge in [0.2, 0.25) is 11.7 Å². The van der Waals surface area contributed by atoms with Gasteiger partial charge in [0.05, 0.1) is 12.4 Å². The number of hydrogen-bond donors (Lipinski definition) is 1. The Morgan fingerprint density at radius 2 is 2.12 bits per heavy atom. The molecule has 0 radical (unpaired) electrons. The fourth-order valence-electron chi connectivity index (χ4n) is 3.84. The van der Waals surface area contributed by atoms with Gasteiger partial charge in [0.15, 0.2) is 11.8 Å². The molecule has 1 N–H and O–H groups in total. The molecule has 0 unspecified atom stereocenters. The SMILES string of the molecule is Cc1ccc(-c2nnn(CC(=O)N(C[C@@H]3CCCO3)[C@H](C(=O)NC(C)(C)C)c3ccco3)n2)o1. The Balaban J connectivity index is 1.60. The summed E-state index contributed by atoms with van der Waals surface area (Å²) >= 11 is 0. The van der Waals surface area contributed by atoms with Gasteiger partial charge in [0.25, 0.3) is 5.91 Å². The third-order valence-corrected chi connectivity index (χ3v) is 5.31. The number of tetrazole rings is 1. The van der Waals surface area contributed by atoms with E-state index in [4.69, 9.17) is 13.6 Å². The first-order chi connectivity index (χ1) is 16.2. The molecule has 2 amide bonds. The number of ether oxygens (including phenoxy) is 1. The third-order valence-electron chi connectivity index (χ3n) is 5.31. The van der Waals surface area contributed by atoms with Crippen LogP contribution in [0.5, 0.6) is 0 Å². The highest BCUT2D eigenvalue weighted by molar-refractivity contribution is 5.88. The molecule has 1 aliphatic rings. The second-order valence-corrected chi connectivity index (χ2v) is 9.39. The average Bonchev–Trinajstić information content (AvgIpc) is 3.55. The summed E-state index contributed by atoms with van der Waals surface area (Å²) in [4.78, 5) is 29.6. The standard InChI is InChI=1S/C23H30N6O5/c1-15-9-10-18(34-15)21-25-27-29(26-21)14-19(30)28(13-16-7-5-11-32-16)20(17-8-6-12-33-17)22(31)24-23(2,3)4/h6,8-10,12,16,20H,5,7,11,13-14H2,1-4H3,(H,24,31)/t16-,20-/m0/s1. The molecule has 3 aromatic rings. The molecular formula is C23H30N6O5. The highest BCUT2D eigenvalue weighted by Crippen LogP contribution is 2.26. The van der Waals surface area contributed by atoms with Crippen LogP contribution in [0, 0.1) is 6.92 Å². The Morgan fingerprint density at radius 1 is 1.29 bits per heavy atom. The Hall–Kier alpha value is -3.47. The number of nitrogens with zero attached hydrogens (tertiary/aromatic N) is 5. The van der Waals surface area contributed by atoms with Crippen LogP contribution in [-0.4, -0.2) is 61.7 Å². The molecule has 182 valence electrons. The van der Waals surface area contributed by atoms with Crippen LogP contribution in [0.2, 0.25) is 0 Å². The molecule has 0 saturated carbocycles. The maximum absolute atomic E-state index is 13.6. The highest BCUT2D eigenvalue weighted by atomic mass is 16.5. The minimum absolute atomic E-state index is 0.172. The molecule has 0 aromatic carbocycles. The van der Waals surface area contributed by atoms with Crippen LogP contribution in [0.4, 0.5) is 0 Å². The van der Waals surface area contributed by atoms with Crippen molar-refractivity contribution >= 4 is 11.8 Å². The van der Waals surface area contributed by atoms with Gasteiger partial charge in [-0.15, -0.1) is 10.2 Å². The van der Waals surface area contributed by atoms with Crippen molar-refractivity contribution in [2.75, 3.05) is 13.2 Å². The van der Waals surface area contributed by atoms with Gasteiger partial charge in [-0.05, 0) is 70.0 Å². The first kappa shape index (κ1) is 23.7. The predicted octanol–water partition coefficient (Wildman–Crippen LogP) is 2.50. The molecule has 1 aliphatic heterocycles. The molecule has 4 rings (SSSR count). The van der Waals surface area contributed by atoms with Crippen LogP contribution in [0.15, 0.2) is 39.4 Å². The average molecular weight is 471 g/mol. The van der Waals surface area contributed by atoms with Crippen LogP contribution in [0.1, 0.15) is 51.2 Å². The summed E-state index contributed by atoms with van der Waals surface area (Å²) in [5.74, 6) is 1.13. The lowest BCUT2D eigenvalue weighted by atomic mass is 10.1. The number of aryl methyl sites for hydroxylation is 1. The smallest absolute Gasteiger partial charge is 0.251 e. The van der Waals surface area contributed by atoms with Crippen molar-refractivity contribution in [1.29, 1.82) is 0 Å². The fraction of sp³-hybridized carbons (Fsp3) is 0.522. The van der Waals surface area contributed by atoms with E-state index >= 15 is 0 Å². The summed E-state index contributed by atoms with van der Waals surface area (Å²) < 4.78 is 16.9. The summed E-state index contributed by atoms with van der Waals surface area (Å²) in [6, 6.07) is 5.95. The number of rotatable bonds is 8. The van der Waals surface area contributed by atoms with Crippen LogP contribution in [0.3, 0.4) is 0 Å². The Labute approximate surface area is 197 Å². The molecule has 0 aliphatic carbocycles. The molecule has 11 nitrogen and oxygen atoms in total. The van der Waals surface area contributed by atoms with E-state index in [-0.39, 0.29) is 36.8 Å². The van der Waals surface area contributed by atoms with Gasteiger partial charge in [-0.2, -0.15) is 4.80 Å². The van der Waals surface area contributed by atoms with E-state index in [9.17, 15) is 9.59 Å². The summed E-state index contributed by atoms with van der Waals surface area (Å²) in [5, 5.41) is 15.2. The lowest BCUT2D eigenvalue weighted by molar-refractivity contribution is -0.144. The zero-order valence-electron chi connectivity index (χ0n) is 19.9. The summed E-state index contributed by atoms with van der Waals surface area (Å²) in [5.41, 5.74) is -0.496. The van der Waals surface area contributed by atoms with Gasteiger partial charge in [0, 0.05) is 18.7 Å². The largest absolute Gasteiger partial charge is 0.467 e. The van der Waals surface area contributed by atoms with Crippen molar-refractivity contribution < 1.29 is 23.2 Å². The molecular weight excluding hydrogens is 440 g/mol. The van der Waals surface area contributed by atoms with Crippen molar-refractivity contribution in [3.05, 3.63) is 42.0 Å². The van der Waals surface area contributed by atoms with Crippen LogP contribution in [0.25, 0.3) is 11.6 Å². The monoisotopic (exact) mass is 470 g/mol.